The molecule has 0 saturated heterocycles. The maximum absolute atomic E-state index is 12.0. The fraction of sp³-hybridized carbons (Fsp3) is 0.0667. The Labute approximate surface area is 138 Å². The molecule has 5 nitrogen and oxygen atoms in total. The molecule has 0 fully saturated rings. The molecular weight excluding hydrogens is 370 g/mol. The number of hydrogen-bond acceptors (Lipinski definition) is 6. The molecule has 0 radical (unpaired) electrons. The molecule has 4 rings (SSSR count). The van der Waals surface area contributed by atoms with Crippen LogP contribution in [0.5, 0.6) is 11.5 Å². The van der Waals surface area contributed by atoms with E-state index < -0.39 is 5.97 Å². The van der Waals surface area contributed by atoms with Crippen molar-refractivity contribution in [2.24, 2.45) is 4.99 Å². The predicted molar refractivity (Wildman–Crippen MR) is 85.2 cm³/mol. The van der Waals surface area contributed by atoms with Crippen LogP contribution in [0.2, 0.25) is 0 Å². The lowest BCUT2D eigenvalue weighted by atomic mass is 10.1. The van der Waals surface area contributed by atoms with E-state index in [0.717, 1.165) is 14.9 Å². The first-order valence-corrected chi connectivity index (χ1v) is 8.03. The van der Waals surface area contributed by atoms with Crippen molar-refractivity contribution in [3.8, 4) is 11.5 Å². The van der Waals surface area contributed by atoms with Crippen LogP contribution in [0.4, 0.5) is 0 Å². The number of thiophene rings is 1. The summed E-state index contributed by atoms with van der Waals surface area (Å²) in [6, 6.07) is 7.34. The number of hydrogen-bond donors (Lipinski definition) is 0. The lowest BCUT2D eigenvalue weighted by Gasteiger charge is -2.01. The molecule has 1 aromatic carbocycles. The Morgan fingerprint density at radius 2 is 2.09 bits per heavy atom. The summed E-state index contributed by atoms with van der Waals surface area (Å²) in [7, 11) is 0. The van der Waals surface area contributed by atoms with Crippen molar-refractivity contribution in [2.45, 2.75) is 0 Å². The highest BCUT2D eigenvalue weighted by atomic mass is 79.9. The first-order chi connectivity index (χ1) is 10.7. The maximum atomic E-state index is 12.0. The van der Waals surface area contributed by atoms with Crippen molar-refractivity contribution in [3.63, 3.8) is 0 Å². The summed E-state index contributed by atoms with van der Waals surface area (Å²) in [4.78, 5) is 17.0. The van der Waals surface area contributed by atoms with Gasteiger partial charge in [0.1, 0.15) is 0 Å². The highest BCUT2D eigenvalue weighted by molar-refractivity contribution is 9.10. The van der Waals surface area contributed by atoms with Gasteiger partial charge in [-0.25, -0.2) is 9.79 Å². The Kier molecular flexibility index (Phi) is 3.24. The van der Waals surface area contributed by atoms with Crippen LogP contribution >= 0.6 is 27.3 Å². The van der Waals surface area contributed by atoms with Gasteiger partial charge in [-0.3, -0.25) is 0 Å². The van der Waals surface area contributed by atoms with Gasteiger partial charge in [-0.05, 0) is 35.2 Å². The largest absolute Gasteiger partial charge is 0.454 e. The van der Waals surface area contributed by atoms with Crippen LogP contribution < -0.4 is 9.47 Å². The molecule has 0 unspecified atom stereocenters. The summed E-state index contributed by atoms with van der Waals surface area (Å²) in [5, 5.41) is 1.90. The molecule has 0 spiro atoms. The highest BCUT2D eigenvalue weighted by Crippen LogP contribution is 2.38. The van der Waals surface area contributed by atoms with Crippen LogP contribution in [-0.2, 0) is 9.53 Å². The summed E-state index contributed by atoms with van der Waals surface area (Å²) < 4.78 is 16.6. The molecule has 110 valence electrons. The van der Waals surface area contributed by atoms with Gasteiger partial charge in [0, 0.05) is 4.47 Å². The zero-order valence-corrected chi connectivity index (χ0v) is 13.4. The third kappa shape index (κ3) is 2.32. The average molecular weight is 378 g/mol. The third-order valence-electron chi connectivity index (χ3n) is 3.14. The molecule has 7 heteroatoms. The zero-order chi connectivity index (χ0) is 15.1. The standard InChI is InChI=1S/C15H8BrNO4S/c16-9-6-12-11(19-7-20-12)5-8(9)4-10-15(18)21-14(17-10)13-2-1-3-22-13/h1-6H,7H2/b10-4-. The third-order valence-corrected chi connectivity index (χ3v) is 4.68. The van der Waals surface area contributed by atoms with Crippen molar-refractivity contribution < 1.29 is 19.0 Å². The fourth-order valence-corrected chi connectivity index (χ4v) is 3.19. The summed E-state index contributed by atoms with van der Waals surface area (Å²) >= 11 is 4.92. The van der Waals surface area contributed by atoms with E-state index in [2.05, 4.69) is 20.9 Å². The van der Waals surface area contributed by atoms with Gasteiger partial charge in [0.25, 0.3) is 0 Å². The molecule has 0 bridgehead atoms. The average Bonchev–Trinajstić information content (AvgIpc) is 3.21. The Bertz CT molecular complexity index is 826. The van der Waals surface area contributed by atoms with Gasteiger partial charge >= 0.3 is 5.97 Å². The van der Waals surface area contributed by atoms with Crippen molar-refractivity contribution in [1.29, 1.82) is 0 Å². The van der Waals surface area contributed by atoms with Gasteiger partial charge in [-0.15, -0.1) is 11.3 Å². The number of rotatable bonds is 2. The normalized spacial score (nSPS) is 17.8. The number of carbonyl (C=O) groups is 1. The topological polar surface area (TPSA) is 57.1 Å². The quantitative estimate of drug-likeness (QED) is 0.592. The van der Waals surface area contributed by atoms with Crippen LogP contribution in [0.25, 0.3) is 6.08 Å². The zero-order valence-electron chi connectivity index (χ0n) is 11.0. The monoisotopic (exact) mass is 377 g/mol. The van der Waals surface area contributed by atoms with Crippen molar-refractivity contribution in [2.75, 3.05) is 6.79 Å². The number of halogens is 1. The van der Waals surface area contributed by atoms with Crippen LogP contribution in [-0.4, -0.2) is 18.7 Å². The molecule has 2 aliphatic rings. The predicted octanol–water partition coefficient (Wildman–Crippen LogP) is 3.58. The number of cyclic esters (lactones) is 1. The first-order valence-electron chi connectivity index (χ1n) is 6.36. The van der Waals surface area contributed by atoms with Gasteiger partial charge in [0.05, 0.1) is 4.88 Å². The molecule has 2 aromatic rings. The van der Waals surface area contributed by atoms with Gasteiger partial charge in [-0.2, -0.15) is 0 Å². The lowest BCUT2D eigenvalue weighted by Crippen LogP contribution is -2.03. The molecule has 22 heavy (non-hydrogen) atoms. The number of aliphatic imine (C=N–C) groups is 1. The van der Waals surface area contributed by atoms with E-state index in [9.17, 15) is 4.79 Å². The fourth-order valence-electron chi connectivity index (χ4n) is 2.11. The Hall–Kier alpha value is -2.12. The van der Waals surface area contributed by atoms with Crippen molar-refractivity contribution >= 4 is 45.2 Å². The van der Waals surface area contributed by atoms with Crippen LogP contribution in [0.3, 0.4) is 0 Å². The minimum Gasteiger partial charge on any atom is -0.454 e. The number of carbonyl (C=O) groups excluding carboxylic acids is 1. The molecule has 0 atom stereocenters. The molecule has 3 heterocycles. The molecule has 2 aliphatic heterocycles. The molecule has 0 aliphatic carbocycles. The van der Waals surface area contributed by atoms with E-state index in [1.807, 2.05) is 17.5 Å². The van der Waals surface area contributed by atoms with Crippen LogP contribution in [0.15, 0.2) is 44.8 Å². The van der Waals surface area contributed by atoms with Gasteiger partial charge in [-0.1, -0.05) is 22.0 Å². The SMILES string of the molecule is O=C1OC(c2cccs2)=N/C1=C\c1cc2c(cc1Br)OCO2. The molecule has 0 amide bonds. The number of fused-ring (bicyclic) bond motifs is 1. The molecule has 0 saturated carbocycles. The molecule has 1 aromatic heterocycles. The van der Waals surface area contributed by atoms with Crippen LogP contribution in [0.1, 0.15) is 10.4 Å². The minimum atomic E-state index is -0.465. The smallest absolute Gasteiger partial charge is 0.363 e. The highest BCUT2D eigenvalue weighted by Gasteiger charge is 2.25. The number of benzene rings is 1. The lowest BCUT2D eigenvalue weighted by molar-refractivity contribution is -0.129. The van der Waals surface area contributed by atoms with E-state index in [1.165, 1.54) is 11.3 Å². The maximum Gasteiger partial charge on any atom is 0.363 e. The summed E-state index contributed by atoms with van der Waals surface area (Å²) in [5.74, 6) is 1.19. The summed E-state index contributed by atoms with van der Waals surface area (Å²) in [6.45, 7) is 0.199. The second-order valence-electron chi connectivity index (χ2n) is 4.54. The van der Waals surface area contributed by atoms with E-state index in [1.54, 1.807) is 18.2 Å². The summed E-state index contributed by atoms with van der Waals surface area (Å²) in [6.07, 6.45) is 1.66. The van der Waals surface area contributed by atoms with E-state index >= 15 is 0 Å². The van der Waals surface area contributed by atoms with Gasteiger partial charge < -0.3 is 14.2 Å². The Balaban J connectivity index is 1.72. The van der Waals surface area contributed by atoms with E-state index in [4.69, 9.17) is 14.2 Å². The second-order valence-corrected chi connectivity index (χ2v) is 6.34. The Morgan fingerprint density at radius 1 is 1.27 bits per heavy atom. The van der Waals surface area contributed by atoms with Crippen molar-refractivity contribution in [3.05, 3.63) is 50.3 Å². The minimum absolute atomic E-state index is 0.199. The number of esters is 1. The Morgan fingerprint density at radius 3 is 2.86 bits per heavy atom. The van der Waals surface area contributed by atoms with E-state index in [-0.39, 0.29) is 12.5 Å². The molecule has 0 N–H and O–H groups in total. The number of nitrogens with zero attached hydrogens (tertiary/aromatic N) is 1. The molecular formula is C15H8BrNO4S. The van der Waals surface area contributed by atoms with Crippen molar-refractivity contribution in [1.82, 2.24) is 0 Å². The summed E-state index contributed by atoms with van der Waals surface area (Å²) in [5.41, 5.74) is 1.02. The van der Waals surface area contributed by atoms with Gasteiger partial charge in [0.15, 0.2) is 17.2 Å². The first kappa shape index (κ1) is 13.5. The van der Waals surface area contributed by atoms with Crippen LogP contribution in [0, 0.1) is 0 Å². The number of ether oxygens (including phenoxy) is 3. The van der Waals surface area contributed by atoms with Gasteiger partial charge in [0.2, 0.25) is 12.7 Å². The van der Waals surface area contributed by atoms with E-state index in [0.29, 0.717) is 17.4 Å². The second kappa shape index (κ2) is 5.26.